The predicted molar refractivity (Wildman–Crippen MR) is 44.0 cm³/mol. The molecule has 2 N–H and O–H groups in total. The van der Waals surface area contributed by atoms with Crippen molar-refractivity contribution in [3.63, 3.8) is 0 Å². The normalized spacial score (nSPS) is 10.4. The Hall–Kier alpha value is -1.71. The van der Waals surface area contributed by atoms with Crippen LogP contribution in [-0.4, -0.2) is 23.6 Å². The topological polar surface area (TPSA) is 62.0 Å². The highest BCUT2D eigenvalue weighted by molar-refractivity contribution is 5.83. The van der Waals surface area contributed by atoms with Crippen molar-refractivity contribution in [1.29, 1.82) is 0 Å². The van der Waals surface area contributed by atoms with Crippen LogP contribution in [0.5, 0.6) is 11.5 Å². The number of methoxy groups -OCH3 is 1. The molecule has 0 bridgehead atoms. The van der Waals surface area contributed by atoms with Gasteiger partial charge in [0.1, 0.15) is 11.5 Å². The zero-order chi connectivity index (χ0) is 8.97. The zero-order valence-corrected chi connectivity index (χ0v) is 6.56. The molecule has 0 unspecified atom stereocenters. The van der Waals surface area contributed by atoms with Crippen LogP contribution in [0.1, 0.15) is 5.56 Å². The summed E-state index contributed by atoms with van der Waals surface area (Å²) in [7, 11) is 1.52. The lowest BCUT2D eigenvalue weighted by Gasteiger charge is -2.01. The Morgan fingerprint density at radius 3 is 2.83 bits per heavy atom. The van der Waals surface area contributed by atoms with Gasteiger partial charge in [-0.2, -0.15) is 0 Å². The summed E-state index contributed by atoms with van der Waals surface area (Å²) in [6.45, 7) is 0. The molecule has 0 saturated carbocycles. The van der Waals surface area contributed by atoms with Gasteiger partial charge in [-0.1, -0.05) is 5.16 Å². The maximum Gasteiger partial charge on any atom is 0.124 e. The van der Waals surface area contributed by atoms with Crippen molar-refractivity contribution in [2.75, 3.05) is 7.11 Å². The van der Waals surface area contributed by atoms with E-state index in [4.69, 9.17) is 9.94 Å². The second-order valence-corrected chi connectivity index (χ2v) is 2.17. The molecule has 64 valence electrons. The molecule has 0 saturated heterocycles. The minimum Gasteiger partial charge on any atom is -0.507 e. The number of phenolic OH excluding ortho intramolecular Hbond substituents is 1. The van der Waals surface area contributed by atoms with Gasteiger partial charge < -0.3 is 15.1 Å². The van der Waals surface area contributed by atoms with Crippen molar-refractivity contribution in [3.8, 4) is 11.5 Å². The molecule has 0 fully saturated rings. The Bertz CT molecular complexity index is 296. The summed E-state index contributed by atoms with van der Waals surface area (Å²) in [4.78, 5) is 0. The molecule has 1 rings (SSSR count). The van der Waals surface area contributed by atoms with Gasteiger partial charge in [0.15, 0.2) is 0 Å². The van der Waals surface area contributed by atoms with E-state index in [-0.39, 0.29) is 5.75 Å². The molecule has 0 heterocycles. The molecule has 0 spiro atoms. The van der Waals surface area contributed by atoms with Crippen LogP contribution < -0.4 is 4.74 Å². The lowest BCUT2D eigenvalue weighted by atomic mass is 10.2. The molecule has 0 aromatic heterocycles. The minimum atomic E-state index is 0.0496. The van der Waals surface area contributed by atoms with Gasteiger partial charge in [-0.3, -0.25) is 0 Å². The molecule has 1 aromatic carbocycles. The van der Waals surface area contributed by atoms with Crippen LogP contribution in [0.4, 0.5) is 0 Å². The Balaban J connectivity index is 3.08. The van der Waals surface area contributed by atoms with Crippen LogP contribution in [0.25, 0.3) is 0 Å². The minimum absolute atomic E-state index is 0.0496. The predicted octanol–water partition coefficient (Wildman–Crippen LogP) is 1.21. The van der Waals surface area contributed by atoms with Gasteiger partial charge in [0, 0.05) is 5.56 Å². The summed E-state index contributed by atoms with van der Waals surface area (Å²) < 4.78 is 4.90. The number of aromatic hydroxyl groups is 1. The number of nitrogens with zero attached hydrogens (tertiary/aromatic N) is 1. The number of phenols is 1. The molecule has 1 aromatic rings. The first-order valence-corrected chi connectivity index (χ1v) is 3.32. The Morgan fingerprint density at radius 1 is 1.50 bits per heavy atom. The second-order valence-electron chi connectivity index (χ2n) is 2.17. The van der Waals surface area contributed by atoms with E-state index in [0.29, 0.717) is 11.3 Å². The van der Waals surface area contributed by atoms with Crippen molar-refractivity contribution >= 4 is 6.21 Å². The third kappa shape index (κ3) is 1.66. The number of hydrogen-bond donors (Lipinski definition) is 2. The fraction of sp³-hybridized carbons (Fsp3) is 0.125. The van der Waals surface area contributed by atoms with Crippen LogP contribution in [0, 0.1) is 0 Å². The summed E-state index contributed by atoms with van der Waals surface area (Å²) in [5.41, 5.74) is 0.414. The van der Waals surface area contributed by atoms with Crippen LogP contribution in [-0.2, 0) is 0 Å². The molecule has 0 aliphatic carbocycles. The zero-order valence-electron chi connectivity index (χ0n) is 6.56. The van der Waals surface area contributed by atoms with Crippen LogP contribution in [0.15, 0.2) is 23.4 Å². The maximum absolute atomic E-state index is 9.20. The van der Waals surface area contributed by atoms with Gasteiger partial charge in [0.05, 0.1) is 13.3 Å². The Morgan fingerprint density at radius 2 is 2.25 bits per heavy atom. The van der Waals surface area contributed by atoms with E-state index < -0.39 is 0 Å². The van der Waals surface area contributed by atoms with Crippen LogP contribution >= 0.6 is 0 Å². The number of oxime groups is 1. The largest absolute Gasteiger partial charge is 0.507 e. The van der Waals surface area contributed by atoms with E-state index in [1.165, 1.54) is 13.2 Å². The van der Waals surface area contributed by atoms with Crippen molar-refractivity contribution in [2.24, 2.45) is 5.16 Å². The SMILES string of the molecule is COc1ccc(O)c(/C=N\O)c1. The van der Waals surface area contributed by atoms with E-state index in [9.17, 15) is 5.11 Å². The lowest BCUT2D eigenvalue weighted by Crippen LogP contribution is -1.86. The number of rotatable bonds is 2. The van der Waals surface area contributed by atoms with Gasteiger partial charge >= 0.3 is 0 Å². The Kier molecular flexibility index (Phi) is 2.53. The molecule has 12 heavy (non-hydrogen) atoms. The second kappa shape index (κ2) is 3.61. The van der Waals surface area contributed by atoms with Crippen molar-refractivity contribution < 1.29 is 15.1 Å². The lowest BCUT2D eigenvalue weighted by molar-refractivity contribution is 0.321. The summed E-state index contributed by atoms with van der Waals surface area (Å²) in [6.07, 6.45) is 1.14. The highest BCUT2D eigenvalue weighted by Gasteiger charge is 1.99. The molecule has 4 heteroatoms. The first-order valence-electron chi connectivity index (χ1n) is 3.32. The number of hydrogen-bond acceptors (Lipinski definition) is 4. The van der Waals surface area contributed by atoms with E-state index >= 15 is 0 Å². The summed E-state index contributed by atoms with van der Waals surface area (Å²) >= 11 is 0. The fourth-order valence-corrected chi connectivity index (χ4v) is 0.825. The summed E-state index contributed by atoms with van der Waals surface area (Å²) in [5, 5.41) is 20.2. The average molecular weight is 167 g/mol. The monoisotopic (exact) mass is 167 g/mol. The smallest absolute Gasteiger partial charge is 0.124 e. The molecular weight excluding hydrogens is 158 g/mol. The first kappa shape index (κ1) is 8.39. The van der Waals surface area contributed by atoms with Crippen molar-refractivity contribution in [3.05, 3.63) is 23.8 Å². The quantitative estimate of drug-likeness (QED) is 0.395. The highest BCUT2D eigenvalue weighted by Crippen LogP contribution is 2.20. The Labute approximate surface area is 69.7 Å². The van der Waals surface area contributed by atoms with Gasteiger partial charge in [-0.25, -0.2) is 0 Å². The van der Waals surface area contributed by atoms with Gasteiger partial charge in [0.25, 0.3) is 0 Å². The molecule has 0 atom stereocenters. The third-order valence-corrected chi connectivity index (χ3v) is 1.43. The first-order chi connectivity index (χ1) is 5.77. The third-order valence-electron chi connectivity index (χ3n) is 1.43. The van der Waals surface area contributed by atoms with Gasteiger partial charge in [-0.05, 0) is 18.2 Å². The highest BCUT2D eigenvalue weighted by atomic mass is 16.5. The van der Waals surface area contributed by atoms with Crippen LogP contribution in [0.3, 0.4) is 0 Å². The summed E-state index contributed by atoms with van der Waals surface area (Å²) in [6, 6.07) is 4.65. The standard InChI is InChI=1S/C8H9NO3/c1-12-7-2-3-8(10)6(4-7)5-9-11/h2-5,10-11H,1H3/b9-5-. The number of ether oxygens (including phenoxy) is 1. The fourth-order valence-electron chi connectivity index (χ4n) is 0.825. The van der Waals surface area contributed by atoms with E-state index in [1.54, 1.807) is 12.1 Å². The van der Waals surface area contributed by atoms with Gasteiger partial charge in [0.2, 0.25) is 0 Å². The molecule has 0 aliphatic heterocycles. The molecule has 4 nitrogen and oxygen atoms in total. The maximum atomic E-state index is 9.20. The van der Waals surface area contributed by atoms with E-state index in [1.807, 2.05) is 0 Å². The molecule has 0 radical (unpaired) electrons. The van der Waals surface area contributed by atoms with Crippen molar-refractivity contribution in [1.82, 2.24) is 0 Å². The molecule has 0 amide bonds. The van der Waals surface area contributed by atoms with Crippen molar-refractivity contribution in [2.45, 2.75) is 0 Å². The van der Waals surface area contributed by atoms with Gasteiger partial charge in [-0.15, -0.1) is 0 Å². The molecule has 0 aliphatic rings. The van der Waals surface area contributed by atoms with Crippen LogP contribution in [0.2, 0.25) is 0 Å². The van der Waals surface area contributed by atoms with E-state index in [0.717, 1.165) is 6.21 Å². The molecular formula is C8H9NO3. The average Bonchev–Trinajstić information content (AvgIpc) is 2.09. The number of benzene rings is 1. The summed E-state index contributed by atoms with van der Waals surface area (Å²) in [5.74, 6) is 0.649. The van der Waals surface area contributed by atoms with E-state index in [2.05, 4.69) is 5.16 Å².